The number of Topliss-reactive ketones (excluding diaryl/α,β-unsaturated/α-hetero) is 2. The van der Waals surface area contributed by atoms with Gasteiger partial charge < -0.3 is 38.6 Å². The second-order valence-electron chi connectivity index (χ2n) is 19.2. The molecule has 2 heterocycles. The highest BCUT2D eigenvalue weighted by Crippen LogP contribution is 2.64. The SMILES string of the molecule is CC(=O)O[C@@]12CO[C@@H]1C[C@H](O)[C@@]1(C)C(=O)C(=O)C3C(C)=C(OC(=O)C4OC(C)(C)N(C(=O)OC(C)(C)C)[C@H]4c4ccccc4)C[C@@](O)([C@@H](OC(=O)c4ccccc4)[C@H]21)C3(C)C. The topological polar surface area (TPSA) is 201 Å². The van der Waals surface area contributed by atoms with Crippen LogP contribution in [0.1, 0.15) is 104 Å². The predicted octanol–water partition coefficient (Wildman–Crippen LogP) is 5.16. The molecule has 328 valence electrons. The van der Waals surface area contributed by atoms with Crippen LogP contribution in [0.15, 0.2) is 72.0 Å². The monoisotopic (exact) mass is 845 g/mol. The number of allylic oxidation sites excluding steroid dienone is 1. The average Bonchev–Trinajstić information content (AvgIpc) is 3.47. The highest BCUT2D eigenvalue weighted by molar-refractivity contribution is 6.41. The minimum Gasteiger partial charge on any atom is -0.455 e. The molecule has 0 spiro atoms. The van der Waals surface area contributed by atoms with E-state index < -0.39 is 118 Å². The summed E-state index contributed by atoms with van der Waals surface area (Å²) in [6.45, 7) is 15.2. The molecule has 3 aliphatic carbocycles. The van der Waals surface area contributed by atoms with E-state index >= 15 is 4.79 Å². The predicted molar refractivity (Wildman–Crippen MR) is 214 cm³/mol. The molecule has 5 aliphatic rings. The largest absolute Gasteiger partial charge is 0.455 e. The third-order valence-electron chi connectivity index (χ3n) is 13.6. The molecule has 2 aromatic carbocycles. The zero-order valence-electron chi connectivity index (χ0n) is 36.2. The van der Waals surface area contributed by atoms with Gasteiger partial charge in [-0.25, -0.2) is 14.4 Å². The van der Waals surface area contributed by atoms with Gasteiger partial charge in [-0.1, -0.05) is 62.4 Å². The fourth-order valence-corrected chi connectivity index (χ4v) is 10.5. The first-order valence-electron chi connectivity index (χ1n) is 20.5. The number of aliphatic hydroxyl groups excluding tert-OH is 1. The number of hydrogen-bond acceptors (Lipinski definition) is 14. The van der Waals surface area contributed by atoms with Gasteiger partial charge in [0.2, 0.25) is 11.6 Å². The molecule has 4 fully saturated rings. The van der Waals surface area contributed by atoms with Crippen LogP contribution < -0.4 is 0 Å². The molecular formula is C46H55NO14. The molecule has 15 nitrogen and oxygen atoms in total. The van der Waals surface area contributed by atoms with Crippen LogP contribution in [0.4, 0.5) is 4.79 Å². The Kier molecular flexibility index (Phi) is 10.7. The Morgan fingerprint density at radius 3 is 2.08 bits per heavy atom. The molecule has 10 atom stereocenters. The van der Waals surface area contributed by atoms with E-state index in [9.17, 15) is 34.2 Å². The van der Waals surface area contributed by atoms with Crippen LogP contribution in [0.3, 0.4) is 0 Å². The minimum absolute atomic E-state index is 0.0857. The number of aliphatic hydroxyl groups is 2. The Bertz CT molecular complexity index is 2180. The number of ether oxygens (including phenoxy) is 6. The second-order valence-corrected chi connectivity index (χ2v) is 19.2. The third kappa shape index (κ3) is 6.88. The van der Waals surface area contributed by atoms with Crippen molar-refractivity contribution in [2.24, 2.45) is 22.7 Å². The summed E-state index contributed by atoms with van der Waals surface area (Å²) in [5.41, 5.74) is -9.41. The molecule has 2 aliphatic heterocycles. The Morgan fingerprint density at radius 1 is 0.918 bits per heavy atom. The third-order valence-corrected chi connectivity index (χ3v) is 13.6. The van der Waals surface area contributed by atoms with Crippen molar-refractivity contribution in [2.75, 3.05) is 6.61 Å². The maximum Gasteiger partial charge on any atom is 0.413 e. The van der Waals surface area contributed by atoms with Gasteiger partial charge >= 0.3 is 24.0 Å². The minimum atomic E-state index is -2.37. The van der Waals surface area contributed by atoms with Gasteiger partial charge in [0.15, 0.2) is 11.7 Å². The molecule has 2 saturated carbocycles. The molecular weight excluding hydrogens is 790 g/mol. The summed E-state index contributed by atoms with van der Waals surface area (Å²) in [4.78, 5) is 87.0. The maximum atomic E-state index is 15.0. The summed E-state index contributed by atoms with van der Waals surface area (Å²) in [5, 5.41) is 25.5. The Morgan fingerprint density at radius 2 is 1.52 bits per heavy atom. The summed E-state index contributed by atoms with van der Waals surface area (Å²) in [6, 6.07) is 15.5. The molecule has 0 aromatic heterocycles. The van der Waals surface area contributed by atoms with Crippen molar-refractivity contribution in [3.05, 3.63) is 83.1 Å². The molecule has 2 unspecified atom stereocenters. The number of esters is 3. The van der Waals surface area contributed by atoms with Gasteiger partial charge in [0, 0.05) is 25.2 Å². The Hall–Kier alpha value is -4.96. The lowest BCUT2D eigenvalue weighted by atomic mass is 9.44. The van der Waals surface area contributed by atoms with Crippen LogP contribution in [-0.4, -0.2) is 104 Å². The standard InChI is InChI=1S/C46H55NO14/c1-24-28(57-39(53)34-32(26-17-13-11-14-18-26)47(43(8,9)60-34)40(54)61-41(3,4)5)22-46(55)37(58-38(52)27-19-15-12-16-20-27)35-44(10,36(51)33(50)31(24)42(46,6)7)29(49)21-30-45(35,23-56-30)59-25(2)48/h11-20,29-32,34-35,37,49,55H,21-23H2,1-10H3/t29-,30+,31?,32-,34?,35-,37-,44+,45-,46+/m0/s1. The molecule has 61 heavy (non-hydrogen) atoms. The first-order chi connectivity index (χ1) is 28.3. The highest BCUT2D eigenvalue weighted by atomic mass is 16.6. The van der Waals surface area contributed by atoms with Crippen molar-refractivity contribution >= 4 is 35.6 Å². The van der Waals surface area contributed by atoms with Crippen LogP contribution >= 0.6 is 0 Å². The van der Waals surface area contributed by atoms with Gasteiger partial charge in [0.05, 0.1) is 35.5 Å². The fraction of sp³-hybridized carbons (Fsp3) is 0.565. The quantitative estimate of drug-likeness (QED) is 0.219. The normalized spacial score (nSPS) is 35.1. The zero-order valence-corrected chi connectivity index (χ0v) is 36.2. The number of fused-ring (bicyclic) bond motifs is 5. The summed E-state index contributed by atoms with van der Waals surface area (Å²) in [7, 11) is 0. The van der Waals surface area contributed by atoms with E-state index in [1.807, 2.05) is 0 Å². The molecule has 2 aromatic rings. The van der Waals surface area contributed by atoms with Crippen molar-refractivity contribution in [1.82, 2.24) is 4.90 Å². The molecule has 2 bridgehead atoms. The van der Waals surface area contributed by atoms with E-state index in [0.717, 1.165) is 6.92 Å². The smallest absolute Gasteiger partial charge is 0.413 e. The number of hydrogen-bond donors (Lipinski definition) is 2. The number of benzene rings is 2. The maximum absolute atomic E-state index is 15.0. The highest BCUT2D eigenvalue weighted by Gasteiger charge is 2.78. The molecule has 7 rings (SSSR count). The molecule has 2 saturated heterocycles. The van der Waals surface area contributed by atoms with E-state index in [1.165, 1.54) is 30.9 Å². The van der Waals surface area contributed by atoms with Crippen LogP contribution in [0.25, 0.3) is 0 Å². The number of amides is 1. The fourth-order valence-electron chi connectivity index (χ4n) is 10.5. The summed E-state index contributed by atoms with van der Waals surface area (Å²) in [6.07, 6.45) is -7.37. The number of carbonyl (C=O) groups excluding carboxylic acids is 6. The van der Waals surface area contributed by atoms with Crippen LogP contribution in [0.5, 0.6) is 0 Å². The van der Waals surface area contributed by atoms with Crippen LogP contribution in [0, 0.1) is 22.7 Å². The van der Waals surface area contributed by atoms with Crippen molar-refractivity contribution in [2.45, 2.75) is 135 Å². The van der Waals surface area contributed by atoms with E-state index in [4.69, 9.17) is 28.4 Å². The van der Waals surface area contributed by atoms with E-state index in [0.29, 0.717) is 5.56 Å². The summed E-state index contributed by atoms with van der Waals surface area (Å²) in [5.74, 6) is -7.96. The summed E-state index contributed by atoms with van der Waals surface area (Å²) < 4.78 is 36.6. The van der Waals surface area contributed by atoms with Crippen molar-refractivity contribution in [3.8, 4) is 0 Å². The molecule has 15 heteroatoms. The first-order valence-corrected chi connectivity index (χ1v) is 20.5. The van der Waals surface area contributed by atoms with Crippen molar-refractivity contribution < 1.29 is 67.4 Å². The van der Waals surface area contributed by atoms with Crippen molar-refractivity contribution in [1.29, 1.82) is 0 Å². The Balaban J connectivity index is 1.38. The lowest BCUT2D eigenvalue weighted by Crippen LogP contribution is -2.81. The van der Waals surface area contributed by atoms with Gasteiger partial charge in [0.1, 0.15) is 40.9 Å². The van der Waals surface area contributed by atoms with Gasteiger partial charge in [-0.3, -0.25) is 19.3 Å². The number of ketones is 2. The van der Waals surface area contributed by atoms with Crippen LogP contribution in [-0.2, 0) is 47.6 Å². The van der Waals surface area contributed by atoms with E-state index in [2.05, 4.69) is 0 Å². The number of nitrogens with zero attached hydrogens (tertiary/aromatic N) is 1. The van der Waals surface area contributed by atoms with E-state index in [-0.39, 0.29) is 29.9 Å². The van der Waals surface area contributed by atoms with E-state index in [1.54, 1.807) is 97.0 Å². The van der Waals surface area contributed by atoms with Gasteiger partial charge in [-0.15, -0.1) is 0 Å². The molecule has 2 N–H and O–H groups in total. The molecule has 1 amide bonds. The van der Waals surface area contributed by atoms with Crippen molar-refractivity contribution in [3.63, 3.8) is 0 Å². The lowest BCUT2D eigenvalue weighted by Gasteiger charge is -2.67. The van der Waals surface area contributed by atoms with Gasteiger partial charge in [-0.05, 0) is 71.7 Å². The van der Waals surface area contributed by atoms with Gasteiger partial charge in [0.25, 0.3) is 0 Å². The lowest BCUT2D eigenvalue weighted by molar-refractivity contribution is -0.345. The Labute approximate surface area is 354 Å². The summed E-state index contributed by atoms with van der Waals surface area (Å²) >= 11 is 0. The first kappa shape index (κ1) is 44.1. The van der Waals surface area contributed by atoms with Crippen LogP contribution in [0.2, 0.25) is 0 Å². The second kappa shape index (κ2) is 14.8. The zero-order chi connectivity index (χ0) is 44.8. The average molecular weight is 846 g/mol. The molecule has 0 radical (unpaired) electrons. The number of rotatable bonds is 6. The number of carbonyl (C=O) groups is 6. The van der Waals surface area contributed by atoms with Gasteiger partial charge in [-0.2, -0.15) is 0 Å².